The second-order valence-corrected chi connectivity index (χ2v) is 5.55. The summed E-state index contributed by atoms with van der Waals surface area (Å²) in [5.41, 5.74) is 0.0471. The lowest BCUT2D eigenvalue weighted by Gasteiger charge is -2.22. The Morgan fingerprint density at radius 3 is 2.35 bits per heavy atom. The molecule has 0 heterocycles. The van der Waals surface area contributed by atoms with Crippen molar-refractivity contribution in [2.24, 2.45) is 0 Å². The van der Waals surface area contributed by atoms with Gasteiger partial charge in [-0.2, -0.15) is 0 Å². The summed E-state index contributed by atoms with van der Waals surface area (Å²) in [4.78, 5) is 27.1. The molecule has 0 bridgehead atoms. The van der Waals surface area contributed by atoms with Gasteiger partial charge in [-0.3, -0.25) is 9.59 Å². The zero-order valence-corrected chi connectivity index (χ0v) is 13.7. The molecule has 2 amide bonds. The number of amides is 2. The van der Waals surface area contributed by atoms with E-state index < -0.39 is 17.5 Å². The summed E-state index contributed by atoms with van der Waals surface area (Å²) in [5.74, 6) is -2.62. The first-order valence-corrected chi connectivity index (χ1v) is 7.44. The molecule has 23 heavy (non-hydrogen) atoms. The molecule has 1 N–H and O–H groups in total. The summed E-state index contributed by atoms with van der Waals surface area (Å²) >= 11 is 0. The van der Waals surface area contributed by atoms with Crippen LogP contribution in [0, 0.1) is 11.6 Å². The van der Waals surface area contributed by atoms with Gasteiger partial charge in [0.25, 0.3) is 5.91 Å². The van der Waals surface area contributed by atoms with Crippen LogP contribution in [0.3, 0.4) is 0 Å². The molecule has 0 spiro atoms. The zero-order chi connectivity index (χ0) is 17.4. The van der Waals surface area contributed by atoms with E-state index >= 15 is 0 Å². The molecule has 128 valence electrons. The number of rotatable bonds is 8. The zero-order valence-electron chi connectivity index (χ0n) is 13.7. The van der Waals surface area contributed by atoms with E-state index in [1.54, 1.807) is 4.90 Å². The van der Waals surface area contributed by atoms with Crippen LogP contribution in [-0.2, 0) is 4.79 Å². The average Bonchev–Trinajstić information content (AvgIpc) is 2.47. The number of benzene rings is 1. The van der Waals surface area contributed by atoms with Crippen molar-refractivity contribution in [3.05, 3.63) is 35.4 Å². The van der Waals surface area contributed by atoms with Gasteiger partial charge in [-0.25, -0.2) is 8.78 Å². The molecule has 0 fully saturated rings. The van der Waals surface area contributed by atoms with Crippen LogP contribution in [0.25, 0.3) is 0 Å². The molecule has 1 aromatic rings. The van der Waals surface area contributed by atoms with Gasteiger partial charge in [0, 0.05) is 32.1 Å². The fraction of sp³-hybridized carbons (Fsp3) is 0.500. The summed E-state index contributed by atoms with van der Waals surface area (Å²) in [6.45, 7) is 3.57. The summed E-state index contributed by atoms with van der Waals surface area (Å²) in [5, 5.41) is 2.60. The number of nitrogens with one attached hydrogen (secondary N) is 1. The maximum Gasteiger partial charge on any atom is 0.251 e. The van der Waals surface area contributed by atoms with Gasteiger partial charge in [-0.1, -0.05) is 0 Å². The van der Waals surface area contributed by atoms with E-state index in [-0.39, 0.29) is 18.0 Å². The Labute approximate surface area is 135 Å². The predicted molar refractivity (Wildman–Crippen MR) is 84.1 cm³/mol. The van der Waals surface area contributed by atoms with Crippen LogP contribution < -0.4 is 5.32 Å². The molecule has 0 radical (unpaired) electrons. The van der Waals surface area contributed by atoms with Crippen LogP contribution >= 0.6 is 0 Å². The standard InChI is InChI=1S/C16H23F2N3O2/c1-12(22)21(9-4-8-20(2)3)10-7-19-16(23)13-5-6-14(17)15(18)11-13/h5-6,11H,4,7-10H2,1-3H3,(H,19,23). The minimum absolute atomic E-state index is 0.0471. The second-order valence-electron chi connectivity index (χ2n) is 5.55. The van der Waals surface area contributed by atoms with Crippen LogP contribution in [0.15, 0.2) is 18.2 Å². The molecule has 0 atom stereocenters. The van der Waals surface area contributed by atoms with Gasteiger partial charge in [0.1, 0.15) is 0 Å². The molecule has 0 saturated carbocycles. The second kappa shape index (κ2) is 9.19. The van der Waals surface area contributed by atoms with Crippen molar-refractivity contribution in [3.63, 3.8) is 0 Å². The molecule has 0 unspecified atom stereocenters. The van der Waals surface area contributed by atoms with Crippen molar-refractivity contribution in [3.8, 4) is 0 Å². The third kappa shape index (κ3) is 6.73. The Hall–Kier alpha value is -2.02. The topological polar surface area (TPSA) is 52.7 Å². The largest absolute Gasteiger partial charge is 0.350 e. The monoisotopic (exact) mass is 327 g/mol. The van der Waals surface area contributed by atoms with E-state index in [0.29, 0.717) is 13.1 Å². The first-order valence-electron chi connectivity index (χ1n) is 7.44. The van der Waals surface area contributed by atoms with E-state index in [1.807, 2.05) is 19.0 Å². The third-order valence-electron chi connectivity index (χ3n) is 3.33. The predicted octanol–water partition coefficient (Wildman–Crippen LogP) is 1.49. The van der Waals surface area contributed by atoms with Crippen molar-refractivity contribution >= 4 is 11.8 Å². The number of carbonyl (C=O) groups is 2. The molecule has 1 rings (SSSR count). The lowest BCUT2D eigenvalue weighted by atomic mass is 10.2. The lowest BCUT2D eigenvalue weighted by Crippen LogP contribution is -2.38. The molecule has 1 aromatic carbocycles. The van der Waals surface area contributed by atoms with Gasteiger partial charge in [-0.15, -0.1) is 0 Å². The molecule has 0 saturated heterocycles. The highest BCUT2D eigenvalue weighted by atomic mass is 19.2. The molecule has 0 aliphatic carbocycles. The molecule has 0 aliphatic rings. The number of nitrogens with zero attached hydrogens (tertiary/aromatic N) is 2. The van der Waals surface area contributed by atoms with E-state index in [4.69, 9.17) is 0 Å². The van der Waals surface area contributed by atoms with Gasteiger partial charge >= 0.3 is 0 Å². The fourth-order valence-corrected chi connectivity index (χ4v) is 2.05. The maximum atomic E-state index is 13.1. The summed E-state index contributed by atoms with van der Waals surface area (Å²) in [7, 11) is 3.92. The Bertz CT molecular complexity index is 550. The van der Waals surface area contributed by atoms with E-state index in [0.717, 1.165) is 25.1 Å². The highest BCUT2D eigenvalue weighted by Gasteiger charge is 2.11. The van der Waals surface area contributed by atoms with Gasteiger partial charge in [-0.05, 0) is 45.3 Å². The fourth-order valence-electron chi connectivity index (χ4n) is 2.05. The van der Waals surface area contributed by atoms with Crippen molar-refractivity contribution in [2.45, 2.75) is 13.3 Å². The smallest absolute Gasteiger partial charge is 0.251 e. The van der Waals surface area contributed by atoms with Crippen LogP contribution in [0.2, 0.25) is 0 Å². The molecule has 7 heteroatoms. The number of carbonyl (C=O) groups excluding carboxylic acids is 2. The normalized spacial score (nSPS) is 10.7. The van der Waals surface area contributed by atoms with Crippen molar-refractivity contribution < 1.29 is 18.4 Å². The lowest BCUT2D eigenvalue weighted by molar-refractivity contribution is -0.128. The Kier molecular flexibility index (Phi) is 7.61. The molecule has 5 nitrogen and oxygen atoms in total. The van der Waals surface area contributed by atoms with E-state index in [2.05, 4.69) is 5.32 Å². The highest BCUT2D eigenvalue weighted by molar-refractivity contribution is 5.94. The number of halogens is 2. The third-order valence-corrected chi connectivity index (χ3v) is 3.33. The molecular formula is C16H23F2N3O2. The van der Waals surface area contributed by atoms with Gasteiger partial charge in [0.15, 0.2) is 11.6 Å². The van der Waals surface area contributed by atoms with Gasteiger partial charge < -0.3 is 15.1 Å². The van der Waals surface area contributed by atoms with Crippen molar-refractivity contribution in [1.82, 2.24) is 15.1 Å². The van der Waals surface area contributed by atoms with Crippen LogP contribution in [0.4, 0.5) is 8.78 Å². The van der Waals surface area contributed by atoms with Gasteiger partial charge in [0.2, 0.25) is 5.91 Å². The molecular weight excluding hydrogens is 304 g/mol. The van der Waals surface area contributed by atoms with Crippen molar-refractivity contribution in [2.75, 3.05) is 40.3 Å². The molecule has 0 aliphatic heterocycles. The van der Waals surface area contributed by atoms with Crippen molar-refractivity contribution in [1.29, 1.82) is 0 Å². The first-order chi connectivity index (χ1) is 10.8. The Morgan fingerprint density at radius 2 is 1.78 bits per heavy atom. The Balaban J connectivity index is 2.44. The van der Waals surface area contributed by atoms with E-state index in [1.165, 1.54) is 13.0 Å². The summed E-state index contributed by atoms with van der Waals surface area (Å²) in [6, 6.07) is 2.98. The van der Waals surface area contributed by atoms with Crippen LogP contribution in [0.5, 0.6) is 0 Å². The number of hydrogen-bond donors (Lipinski definition) is 1. The highest BCUT2D eigenvalue weighted by Crippen LogP contribution is 2.08. The molecule has 0 aromatic heterocycles. The average molecular weight is 327 g/mol. The SMILES string of the molecule is CC(=O)N(CCCN(C)C)CCNC(=O)c1ccc(F)c(F)c1. The maximum absolute atomic E-state index is 13.1. The minimum atomic E-state index is -1.06. The quantitative estimate of drug-likeness (QED) is 0.787. The van der Waals surface area contributed by atoms with Gasteiger partial charge in [0.05, 0.1) is 0 Å². The first kappa shape index (κ1) is 19.0. The van der Waals surface area contributed by atoms with E-state index in [9.17, 15) is 18.4 Å². The van der Waals surface area contributed by atoms with Crippen LogP contribution in [0.1, 0.15) is 23.7 Å². The Morgan fingerprint density at radius 1 is 1.09 bits per heavy atom. The van der Waals surface area contributed by atoms with Crippen LogP contribution in [-0.4, -0.2) is 61.9 Å². The summed E-state index contributed by atoms with van der Waals surface area (Å²) < 4.78 is 25.9. The number of hydrogen-bond acceptors (Lipinski definition) is 3. The minimum Gasteiger partial charge on any atom is -0.350 e. The summed E-state index contributed by atoms with van der Waals surface area (Å²) in [6.07, 6.45) is 0.837.